The molecule has 0 aliphatic rings. The maximum atomic E-state index is 11.7. The van der Waals surface area contributed by atoms with E-state index in [1.54, 1.807) is 12.1 Å². The Morgan fingerprint density at radius 2 is 2.23 bits per heavy atom. The molecule has 0 unspecified atom stereocenters. The quantitative estimate of drug-likeness (QED) is 0.610. The van der Waals surface area contributed by atoms with Gasteiger partial charge in [0.15, 0.2) is 0 Å². The van der Waals surface area contributed by atoms with Crippen LogP contribution in [0.1, 0.15) is 17.7 Å². The Morgan fingerprint density at radius 3 is 2.91 bits per heavy atom. The van der Waals surface area contributed by atoms with Crippen molar-refractivity contribution in [1.29, 1.82) is 0 Å². The number of halogens is 2. The number of amides is 1. The molecule has 0 aliphatic carbocycles. The summed E-state index contributed by atoms with van der Waals surface area (Å²) in [6.45, 7) is 3.31. The van der Waals surface area contributed by atoms with Crippen molar-refractivity contribution in [3.05, 3.63) is 57.3 Å². The summed E-state index contributed by atoms with van der Waals surface area (Å²) in [5, 5.41) is 7.81. The smallest absolute Gasteiger partial charge is 0.244 e. The molecule has 0 atom stereocenters. The lowest BCUT2D eigenvalue weighted by Gasteiger charge is -2.03. The Hall–Kier alpha value is -1.59. The van der Waals surface area contributed by atoms with Gasteiger partial charge in [-0.2, -0.15) is 5.10 Å². The van der Waals surface area contributed by atoms with E-state index < -0.39 is 0 Å². The molecule has 1 N–H and O–H groups in total. The number of nitrogens with one attached hydrogen (secondary N) is 1. The third kappa shape index (κ3) is 5.00. The van der Waals surface area contributed by atoms with Crippen molar-refractivity contribution in [2.75, 3.05) is 6.54 Å². The molecule has 1 aromatic heterocycles. The average Bonchev–Trinajstić information content (AvgIpc) is 2.81. The van der Waals surface area contributed by atoms with Gasteiger partial charge in [-0.25, -0.2) is 0 Å². The fourth-order valence-corrected chi connectivity index (χ4v) is 2.41. The van der Waals surface area contributed by atoms with Gasteiger partial charge in [0, 0.05) is 30.4 Å². The third-order valence-electron chi connectivity index (χ3n) is 3.07. The van der Waals surface area contributed by atoms with E-state index in [9.17, 15) is 4.79 Å². The van der Waals surface area contributed by atoms with Crippen LogP contribution in [0.5, 0.6) is 0 Å². The van der Waals surface area contributed by atoms with E-state index >= 15 is 0 Å². The van der Waals surface area contributed by atoms with E-state index in [4.69, 9.17) is 11.6 Å². The zero-order valence-corrected chi connectivity index (χ0v) is 14.6. The number of aromatic nitrogens is 2. The Labute approximate surface area is 143 Å². The second-order valence-electron chi connectivity index (χ2n) is 4.82. The van der Waals surface area contributed by atoms with E-state index in [2.05, 4.69) is 26.3 Å². The SMILES string of the molecule is Cc1nn(CCCNC(=O)/C=C/c2ccccc2Cl)cc1Br. The molecule has 0 bridgehead atoms. The fourth-order valence-electron chi connectivity index (χ4n) is 1.90. The van der Waals surface area contributed by atoms with Crippen molar-refractivity contribution >= 4 is 39.5 Å². The second-order valence-corrected chi connectivity index (χ2v) is 6.09. The van der Waals surface area contributed by atoms with Gasteiger partial charge >= 0.3 is 0 Å². The minimum atomic E-state index is -0.127. The highest BCUT2D eigenvalue weighted by Crippen LogP contribution is 2.16. The van der Waals surface area contributed by atoms with Crippen LogP contribution in [0, 0.1) is 6.92 Å². The molecular formula is C16H17BrClN3O. The highest BCUT2D eigenvalue weighted by molar-refractivity contribution is 9.10. The minimum Gasteiger partial charge on any atom is -0.352 e. The van der Waals surface area contributed by atoms with E-state index in [0.29, 0.717) is 11.6 Å². The van der Waals surface area contributed by atoms with Crippen LogP contribution < -0.4 is 5.32 Å². The lowest BCUT2D eigenvalue weighted by atomic mass is 10.2. The largest absolute Gasteiger partial charge is 0.352 e. The van der Waals surface area contributed by atoms with Crippen LogP contribution in [0.15, 0.2) is 41.0 Å². The molecule has 0 aliphatic heterocycles. The van der Waals surface area contributed by atoms with Gasteiger partial charge in [0.05, 0.1) is 10.2 Å². The van der Waals surface area contributed by atoms with Gasteiger partial charge in [0.25, 0.3) is 0 Å². The average molecular weight is 383 g/mol. The number of hydrogen-bond donors (Lipinski definition) is 1. The summed E-state index contributed by atoms with van der Waals surface area (Å²) in [5.74, 6) is -0.127. The fraction of sp³-hybridized carbons (Fsp3) is 0.250. The first-order valence-electron chi connectivity index (χ1n) is 6.96. The van der Waals surface area contributed by atoms with Gasteiger partial charge < -0.3 is 5.32 Å². The highest BCUT2D eigenvalue weighted by Gasteiger charge is 2.01. The number of nitrogens with zero attached hydrogens (tertiary/aromatic N) is 2. The molecule has 0 saturated heterocycles. The standard InChI is InChI=1S/C16H17BrClN3O/c1-12-14(17)11-21(20-12)10-4-9-19-16(22)8-7-13-5-2-3-6-15(13)18/h2-3,5-8,11H,4,9-10H2,1H3,(H,19,22)/b8-7+. The molecule has 6 heteroatoms. The van der Waals surface area contributed by atoms with Crippen molar-refractivity contribution in [2.24, 2.45) is 0 Å². The number of rotatable bonds is 6. The van der Waals surface area contributed by atoms with Gasteiger partial charge in [-0.05, 0) is 47.0 Å². The van der Waals surface area contributed by atoms with Crippen LogP contribution in [-0.2, 0) is 11.3 Å². The Balaban J connectivity index is 1.73. The number of benzene rings is 1. The first-order chi connectivity index (χ1) is 10.6. The summed E-state index contributed by atoms with van der Waals surface area (Å²) < 4.78 is 2.87. The second kappa shape index (κ2) is 8.15. The summed E-state index contributed by atoms with van der Waals surface area (Å²) in [4.78, 5) is 11.7. The summed E-state index contributed by atoms with van der Waals surface area (Å²) >= 11 is 9.44. The predicted molar refractivity (Wildman–Crippen MR) is 92.8 cm³/mol. The lowest BCUT2D eigenvalue weighted by molar-refractivity contribution is -0.116. The normalized spacial score (nSPS) is 11.0. The maximum absolute atomic E-state index is 11.7. The van der Waals surface area contributed by atoms with Crippen molar-refractivity contribution in [2.45, 2.75) is 19.9 Å². The van der Waals surface area contributed by atoms with Crippen molar-refractivity contribution in [3.8, 4) is 0 Å². The van der Waals surface area contributed by atoms with Crippen LogP contribution in [0.3, 0.4) is 0 Å². The van der Waals surface area contributed by atoms with Crippen LogP contribution in [0.2, 0.25) is 5.02 Å². The molecule has 116 valence electrons. The monoisotopic (exact) mass is 381 g/mol. The van der Waals surface area contributed by atoms with E-state index in [1.165, 1.54) is 6.08 Å². The topological polar surface area (TPSA) is 46.9 Å². The van der Waals surface area contributed by atoms with Gasteiger partial charge in [-0.3, -0.25) is 9.48 Å². The lowest BCUT2D eigenvalue weighted by Crippen LogP contribution is -2.23. The molecule has 1 amide bonds. The Kier molecular flexibility index (Phi) is 6.21. The molecule has 0 saturated carbocycles. The van der Waals surface area contributed by atoms with Crippen molar-refractivity contribution < 1.29 is 4.79 Å². The van der Waals surface area contributed by atoms with Crippen LogP contribution >= 0.6 is 27.5 Å². The zero-order valence-electron chi connectivity index (χ0n) is 12.2. The predicted octanol–water partition coefficient (Wildman–Crippen LogP) is 3.83. The zero-order chi connectivity index (χ0) is 15.9. The van der Waals surface area contributed by atoms with E-state index in [0.717, 1.165) is 28.7 Å². The molecular weight excluding hydrogens is 366 g/mol. The Morgan fingerprint density at radius 1 is 1.45 bits per heavy atom. The molecule has 22 heavy (non-hydrogen) atoms. The highest BCUT2D eigenvalue weighted by atomic mass is 79.9. The molecule has 4 nitrogen and oxygen atoms in total. The van der Waals surface area contributed by atoms with Gasteiger partial charge in [-0.15, -0.1) is 0 Å². The summed E-state index contributed by atoms with van der Waals surface area (Å²) in [5.41, 5.74) is 1.79. The summed E-state index contributed by atoms with van der Waals surface area (Å²) in [7, 11) is 0. The number of carbonyl (C=O) groups excluding carboxylic acids is 1. The molecule has 2 aromatic rings. The molecule has 0 radical (unpaired) electrons. The van der Waals surface area contributed by atoms with Gasteiger partial charge in [-0.1, -0.05) is 29.8 Å². The van der Waals surface area contributed by atoms with E-state index in [1.807, 2.05) is 36.0 Å². The third-order valence-corrected chi connectivity index (χ3v) is 4.19. The first kappa shape index (κ1) is 16.8. The summed E-state index contributed by atoms with van der Waals surface area (Å²) in [6.07, 6.45) is 5.97. The number of aryl methyl sites for hydroxylation is 2. The van der Waals surface area contributed by atoms with Crippen LogP contribution in [-0.4, -0.2) is 22.2 Å². The molecule has 1 aromatic carbocycles. The van der Waals surface area contributed by atoms with E-state index in [-0.39, 0.29) is 5.91 Å². The van der Waals surface area contributed by atoms with Gasteiger partial charge in [0.2, 0.25) is 5.91 Å². The molecule has 1 heterocycles. The number of hydrogen-bond acceptors (Lipinski definition) is 2. The maximum Gasteiger partial charge on any atom is 0.244 e. The van der Waals surface area contributed by atoms with Crippen LogP contribution in [0.25, 0.3) is 6.08 Å². The first-order valence-corrected chi connectivity index (χ1v) is 8.13. The number of carbonyl (C=O) groups is 1. The van der Waals surface area contributed by atoms with Crippen molar-refractivity contribution in [3.63, 3.8) is 0 Å². The molecule has 0 fully saturated rings. The van der Waals surface area contributed by atoms with Crippen LogP contribution in [0.4, 0.5) is 0 Å². The Bertz CT molecular complexity index is 662. The molecule has 0 spiro atoms. The summed E-state index contributed by atoms with van der Waals surface area (Å²) in [6, 6.07) is 7.40. The van der Waals surface area contributed by atoms with Gasteiger partial charge in [0.1, 0.15) is 0 Å². The molecule has 2 rings (SSSR count). The minimum absolute atomic E-state index is 0.127. The van der Waals surface area contributed by atoms with Crippen molar-refractivity contribution in [1.82, 2.24) is 15.1 Å².